The van der Waals surface area contributed by atoms with Crippen molar-refractivity contribution < 1.29 is 28.7 Å². The second-order valence-electron chi connectivity index (χ2n) is 7.51. The van der Waals surface area contributed by atoms with Crippen LogP contribution in [-0.4, -0.2) is 58.5 Å². The number of nitrogens with two attached hydrogens (primary N) is 1. The Morgan fingerprint density at radius 2 is 1.72 bits per heavy atom. The summed E-state index contributed by atoms with van der Waals surface area (Å²) in [6, 6.07) is 5.24. The highest BCUT2D eigenvalue weighted by atomic mass is 31.2. The molecule has 10 heteroatoms. The van der Waals surface area contributed by atoms with Crippen LogP contribution in [0.25, 0.3) is 0 Å². The van der Waals surface area contributed by atoms with Crippen LogP contribution in [0.5, 0.6) is 5.75 Å². The number of nitrogens with one attached hydrogen (secondary N) is 1. The number of carbonyl (C=O) groups excluding carboxylic acids is 2. The van der Waals surface area contributed by atoms with Crippen molar-refractivity contribution in [3.8, 4) is 5.75 Å². The van der Waals surface area contributed by atoms with Gasteiger partial charge in [-0.1, -0.05) is 26.0 Å². The van der Waals surface area contributed by atoms with Gasteiger partial charge in [0.15, 0.2) is 0 Å². The van der Waals surface area contributed by atoms with Gasteiger partial charge >= 0.3 is 7.60 Å². The summed E-state index contributed by atoms with van der Waals surface area (Å²) in [6.07, 6.45) is 0.552. The molecule has 0 bridgehead atoms. The average Bonchev–Trinajstić information content (AvgIpc) is 2.65. The minimum absolute atomic E-state index is 0.0666. The van der Waals surface area contributed by atoms with Crippen molar-refractivity contribution in [1.29, 1.82) is 0 Å². The molecule has 0 spiro atoms. The second-order valence-corrected chi connectivity index (χ2v) is 9.46. The predicted octanol–water partition coefficient (Wildman–Crippen LogP) is 1.08. The molecule has 0 aliphatic carbocycles. The van der Waals surface area contributed by atoms with Crippen molar-refractivity contribution in [1.82, 2.24) is 10.2 Å². The van der Waals surface area contributed by atoms with Crippen LogP contribution >= 0.6 is 7.60 Å². The lowest BCUT2D eigenvalue weighted by atomic mass is 10.0. The molecule has 0 heterocycles. The largest absolute Gasteiger partial charge is 0.497 e. The van der Waals surface area contributed by atoms with E-state index in [4.69, 9.17) is 10.5 Å². The molecule has 0 saturated heterocycles. The molecule has 0 saturated carbocycles. The Morgan fingerprint density at radius 3 is 2.17 bits per heavy atom. The van der Waals surface area contributed by atoms with Gasteiger partial charge in [-0.15, -0.1) is 0 Å². The van der Waals surface area contributed by atoms with E-state index in [9.17, 15) is 23.9 Å². The fourth-order valence-electron chi connectivity index (χ4n) is 2.79. The molecule has 0 aliphatic heterocycles. The monoisotopic (exact) mass is 429 g/mol. The Labute approximate surface area is 171 Å². The summed E-state index contributed by atoms with van der Waals surface area (Å²) in [5.41, 5.74) is 6.83. The molecule has 0 aromatic heterocycles. The van der Waals surface area contributed by atoms with E-state index in [2.05, 4.69) is 5.32 Å². The van der Waals surface area contributed by atoms with E-state index in [1.807, 2.05) is 13.8 Å². The summed E-state index contributed by atoms with van der Waals surface area (Å²) < 4.78 is 16.5. The first kappa shape index (κ1) is 25.3. The summed E-state index contributed by atoms with van der Waals surface area (Å²) in [4.78, 5) is 45.1. The molecule has 9 nitrogen and oxygen atoms in total. The standard InChI is InChI=1S/C19H32N3O6P/c1-12(2)10-17(21-13(3)29(25,26)27)19(24)22(4)18(23)16(20)11-14-6-8-15(28-5)9-7-14/h6-9,12-13,16-17,21H,10-11,20H2,1-5H3,(H2,25,26,27)/t13?,16-,17-/m0/s1. The number of hydrogen-bond donors (Lipinski definition) is 4. The van der Waals surface area contributed by atoms with E-state index >= 15 is 0 Å². The van der Waals surface area contributed by atoms with E-state index in [0.717, 1.165) is 10.5 Å². The van der Waals surface area contributed by atoms with Crippen molar-refractivity contribution in [2.45, 2.75) is 51.5 Å². The number of ether oxygens (including phenoxy) is 1. The quantitative estimate of drug-likeness (QED) is 0.405. The first-order chi connectivity index (χ1) is 13.4. The van der Waals surface area contributed by atoms with Crippen molar-refractivity contribution in [2.75, 3.05) is 14.2 Å². The first-order valence-electron chi connectivity index (χ1n) is 9.38. The lowest BCUT2D eigenvalue weighted by molar-refractivity contribution is -0.145. The zero-order valence-corrected chi connectivity index (χ0v) is 18.4. The minimum Gasteiger partial charge on any atom is -0.497 e. The molecule has 1 aromatic carbocycles. The van der Waals surface area contributed by atoms with E-state index in [-0.39, 0.29) is 12.3 Å². The predicted molar refractivity (Wildman–Crippen MR) is 110 cm³/mol. The maximum atomic E-state index is 12.8. The average molecular weight is 429 g/mol. The number of methoxy groups -OCH3 is 1. The Hall–Kier alpha value is -1.77. The number of carbonyl (C=O) groups is 2. The normalized spacial score (nSPS) is 14.9. The third-order valence-electron chi connectivity index (χ3n) is 4.55. The first-order valence-corrected chi connectivity index (χ1v) is 11.1. The Kier molecular flexibility index (Phi) is 9.45. The van der Waals surface area contributed by atoms with Crippen LogP contribution in [0, 0.1) is 5.92 Å². The minimum atomic E-state index is -4.42. The Balaban J connectivity index is 2.86. The molecule has 1 aromatic rings. The third-order valence-corrected chi connectivity index (χ3v) is 5.70. The zero-order valence-electron chi connectivity index (χ0n) is 17.5. The van der Waals surface area contributed by atoms with E-state index in [0.29, 0.717) is 12.2 Å². The number of hydrogen-bond acceptors (Lipinski definition) is 6. The molecule has 164 valence electrons. The molecule has 0 fully saturated rings. The van der Waals surface area contributed by atoms with Crippen LogP contribution in [-0.2, 0) is 20.6 Å². The summed E-state index contributed by atoms with van der Waals surface area (Å²) >= 11 is 0. The molecule has 1 unspecified atom stereocenters. The lowest BCUT2D eigenvalue weighted by Crippen LogP contribution is -2.53. The van der Waals surface area contributed by atoms with E-state index < -0.39 is 37.3 Å². The van der Waals surface area contributed by atoms with Gasteiger partial charge in [-0.3, -0.25) is 24.4 Å². The SMILES string of the molecule is COc1ccc(C[C@H](N)C(=O)N(C)C(=O)[C@H](CC(C)C)NC(C)P(=O)(O)O)cc1. The number of benzene rings is 1. The number of amides is 2. The van der Waals surface area contributed by atoms with Crippen molar-refractivity contribution in [3.05, 3.63) is 29.8 Å². The summed E-state index contributed by atoms with van der Waals surface area (Å²) in [6.45, 7) is 5.06. The smallest absolute Gasteiger partial charge is 0.342 e. The molecule has 0 radical (unpaired) electrons. The number of likely N-dealkylation sites (N-methyl/N-ethyl adjacent to an activating group) is 1. The summed E-state index contributed by atoms with van der Waals surface area (Å²) in [5, 5.41) is 2.66. The van der Waals surface area contributed by atoms with Crippen LogP contribution in [0.4, 0.5) is 0 Å². The summed E-state index contributed by atoms with van der Waals surface area (Å²) in [7, 11) is -1.54. The van der Waals surface area contributed by atoms with Crippen LogP contribution in [0.3, 0.4) is 0 Å². The zero-order chi connectivity index (χ0) is 22.4. The fourth-order valence-corrected chi connectivity index (χ4v) is 3.17. The molecule has 5 N–H and O–H groups in total. The number of imide groups is 1. The maximum Gasteiger partial charge on any atom is 0.342 e. The van der Waals surface area contributed by atoms with Crippen LogP contribution < -0.4 is 15.8 Å². The molecule has 0 aliphatic rings. The highest BCUT2D eigenvalue weighted by Gasteiger charge is 2.33. The van der Waals surface area contributed by atoms with Gasteiger partial charge in [0.2, 0.25) is 11.8 Å². The van der Waals surface area contributed by atoms with Gasteiger partial charge < -0.3 is 20.3 Å². The van der Waals surface area contributed by atoms with Gasteiger partial charge in [0.25, 0.3) is 0 Å². The van der Waals surface area contributed by atoms with Gasteiger partial charge in [-0.05, 0) is 43.4 Å². The fraction of sp³-hybridized carbons (Fsp3) is 0.579. The van der Waals surface area contributed by atoms with Gasteiger partial charge in [0.1, 0.15) is 11.5 Å². The van der Waals surface area contributed by atoms with Crippen LogP contribution in [0.1, 0.15) is 32.8 Å². The van der Waals surface area contributed by atoms with Crippen LogP contribution in [0.2, 0.25) is 0 Å². The van der Waals surface area contributed by atoms with Gasteiger partial charge in [-0.25, -0.2) is 0 Å². The van der Waals surface area contributed by atoms with Crippen molar-refractivity contribution >= 4 is 19.4 Å². The summed E-state index contributed by atoms with van der Waals surface area (Å²) in [5.74, 6) is -1.61. The van der Waals surface area contributed by atoms with Crippen LogP contribution in [0.15, 0.2) is 24.3 Å². The lowest BCUT2D eigenvalue weighted by Gasteiger charge is -2.28. The molecule has 1 rings (SSSR count). The molecular formula is C19H32N3O6P. The second kappa shape index (κ2) is 10.8. The van der Waals surface area contributed by atoms with E-state index in [1.54, 1.807) is 31.4 Å². The topological polar surface area (TPSA) is 142 Å². The van der Waals surface area contributed by atoms with Crippen molar-refractivity contribution in [3.63, 3.8) is 0 Å². The van der Waals surface area contributed by atoms with Gasteiger partial charge in [-0.2, -0.15) is 0 Å². The van der Waals surface area contributed by atoms with Gasteiger partial charge in [0, 0.05) is 7.05 Å². The Bertz CT molecular complexity index is 734. The highest BCUT2D eigenvalue weighted by Crippen LogP contribution is 2.39. The molecule has 2 amide bonds. The number of rotatable bonds is 10. The Morgan fingerprint density at radius 1 is 1.17 bits per heavy atom. The van der Waals surface area contributed by atoms with Gasteiger partial charge in [0.05, 0.1) is 19.2 Å². The van der Waals surface area contributed by atoms with E-state index in [1.165, 1.54) is 14.0 Å². The highest BCUT2D eigenvalue weighted by molar-refractivity contribution is 7.52. The maximum absolute atomic E-state index is 12.8. The number of nitrogens with zero attached hydrogens (tertiary/aromatic N) is 1. The molecule has 3 atom stereocenters. The third kappa shape index (κ3) is 7.87. The molecular weight excluding hydrogens is 397 g/mol. The van der Waals surface area contributed by atoms with Crippen molar-refractivity contribution in [2.24, 2.45) is 11.7 Å². The molecule has 29 heavy (non-hydrogen) atoms.